The molecule has 3 N–H and O–H groups in total. The number of benzene rings is 2. The molecule has 0 aliphatic carbocycles. The molecule has 272 valence electrons. The van der Waals surface area contributed by atoms with Crippen LogP contribution in [0.3, 0.4) is 0 Å². The van der Waals surface area contributed by atoms with Gasteiger partial charge >= 0.3 is 0 Å². The predicted molar refractivity (Wildman–Crippen MR) is 191 cm³/mol. The molecule has 2 aromatic carbocycles. The van der Waals surface area contributed by atoms with E-state index >= 15 is 0 Å². The molecule has 50 heavy (non-hydrogen) atoms. The summed E-state index contributed by atoms with van der Waals surface area (Å²) in [5.41, 5.74) is 4.34. The van der Waals surface area contributed by atoms with Crippen molar-refractivity contribution in [3.05, 3.63) is 95.3 Å². The smallest absolute Gasteiger partial charge is 0.294 e. The van der Waals surface area contributed by atoms with Gasteiger partial charge in [0.1, 0.15) is 5.75 Å². The van der Waals surface area contributed by atoms with Gasteiger partial charge < -0.3 is 9.79 Å². The molecule has 0 amide bonds. The van der Waals surface area contributed by atoms with E-state index in [9.17, 15) is 25.9 Å². The van der Waals surface area contributed by atoms with Gasteiger partial charge in [0.2, 0.25) is 5.69 Å². The maximum absolute atomic E-state index is 11.9. The van der Waals surface area contributed by atoms with Gasteiger partial charge in [-0.05, 0) is 67.8 Å². The first-order valence-corrected chi connectivity index (χ1v) is 19.4. The van der Waals surface area contributed by atoms with Crippen molar-refractivity contribution < 1.29 is 59.4 Å². The summed E-state index contributed by atoms with van der Waals surface area (Å²) in [5, 5.41) is 16.7. The number of hydrogen-bond acceptors (Lipinski definition) is 13. The van der Waals surface area contributed by atoms with Gasteiger partial charge in [-0.25, -0.2) is 5.26 Å². The average Bonchev–Trinajstić information content (AvgIpc) is 3.38. The van der Waals surface area contributed by atoms with Crippen LogP contribution in [0.15, 0.2) is 89.0 Å². The van der Waals surface area contributed by atoms with Gasteiger partial charge in [0.05, 0.1) is 10.3 Å². The van der Waals surface area contributed by atoms with Crippen molar-refractivity contribution in [2.24, 2.45) is 0 Å². The van der Waals surface area contributed by atoms with E-state index in [0.29, 0.717) is 23.6 Å². The molecular formula is C32H39N2O12S4+. The molecule has 18 heteroatoms. The molecule has 0 saturated carbocycles. The minimum Gasteiger partial charge on any atom is -0.343 e. The highest BCUT2D eigenvalue weighted by atomic mass is 32.2. The molecule has 2 heterocycles. The zero-order valence-corrected chi connectivity index (χ0v) is 31.2. The van der Waals surface area contributed by atoms with Crippen molar-refractivity contribution in [2.75, 3.05) is 29.5 Å². The van der Waals surface area contributed by atoms with Crippen molar-refractivity contribution >= 4 is 62.3 Å². The Bertz CT molecular complexity index is 1970. The first-order chi connectivity index (χ1) is 23.4. The zero-order valence-electron chi connectivity index (χ0n) is 27.8. The number of hydrogen-bond donors (Lipinski definition) is 4. The molecule has 4 rings (SSSR count). The minimum atomic E-state index is -4.41. The maximum Gasteiger partial charge on any atom is 0.294 e. The Morgan fingerprint density at radius 2 is 1.76 bits per heavy atom. The molecule has 0 unspecified atom stereocenters. The number of allylic oxidation sites excluding steroid dienone is 8. The second-order valence-corrected chi connectivity index (χ2v) is 16.4. The van der Waals surface area contributed by atoms with E-state index in [-0.39, 0.29) is 11.4 Å². The van der Waals surface area contributed by atoms with Gasteiger partial charge in [0.15, 0.2) is 18.0 Å². The third kappa shape index (κ3) is 9.25. The molecule has 2 aromatic rings. The lowest BCUT2D eigenvalue weighted by atomic mass is 9.81. The lowest BCUT2D eigenvalue weighted by Gasteiger charge is -2.26. The fourth-order valence-corrected chi connectivity index (χ4v) is 7.40. The Hall–Kier alpha value is -3.01. The zero-order chi connectivity index (χ0) is 36.9. The largest absolute Gasteiger partial charge is 0.343 e. The number of thiol groups is 1. The first-order valence-electron chi connectivity index (χ1n) is 15.0. The number of fused-ring (bicyclic) bond motifs is 2. The Kier molecular flexibility index (Phi) is 12.8. The molecule has 2 aliphatic rings. The predicted octanol–water partition coefficient (Wildman–Crippen LogP) is 6.09. The second-order valence-electron chi connectivity index (χ2n) is 12.4. The van der Waals surface area contributed by atoms with Gasteiger partial charge in [-0.15, -0.1) is 8.67 Å². The molecule has 0 radical (unpaired) electrons. The topological polar surface area (TPSA) is 181 Å². The Balaban J connectivity index is 1.63. The van der Waals surface area contributed by atoms with E-state index in [0.717, 1.165) is 46.0 Å². The van der Waals surface area contributed by atoms with Gasteiger partial charge in [-0.1, -0.05) is 48.8 Å². The second kappa shape index (κ2) is 16.1. The molecule has 0 bridgehead atoms. The van der Waals surface area contributed by atoms with E-state index in [1.54, 1.807) is 24.3 Å². The van der Waals surface area contributed by atoms with Gasteiger partial charge in [0, 0.05) is 71.8 Å². The number of nitrogens with zero attached hydrogens (tertiary/aromatic N) is 2. The Labute approximate surface area is 301 Å². The van der Waals surface area contributed by atoms with Crippen molar-refractivity contribution in [1.82, 2.24) is 0 Å². The van der Waals surface area contributed by atoms with Crippen LogP contribution in [0.4, 0.5) is 11.4 Å². The number of anilines is 1. The van der Waals surface area contributed by atoms with Crippen LogP contribution in [-0.4, -0.2) is 66.1 Å². The lowest BCUT2D eigenvalue weighted by Crippen LogP contribution is -2.29. The molecule has 14 nitrogen and oxygen atoms in total. The average molecular weight is 772 g/mol. The molecule has 2 aliphatic heterocycles. The van der Waals surface area contributed by atoms with Crippen LogP contribution < -0.4 is 9.79 Å². The molecular weight excluding hydrogens is 733 g/mol. The van der Waals surface area contributed by atoms with Crippen LogP contribution in [0.1, 0.15) is 45.7 Å². The standard InChI is InChI=1S/C32H38N2O12S4/c1-22(8-6-10-29-32(4,5)26-21-24(50(39,40)41)13-15-28(26)33(29)16-18-48-46-43-35)9-7-11-30-31(2,3)25-20-23(42-44-45-47)12-14-27(25)34(30)17-19-49(36,37)38/h6-15,20-21H,16-19H2,1-5H3,(H3-,35,36,37,38,39,40,41,47)/p+1. The lowest BCUT2D eigenvalue weighted by molar-refractivity contribution is -0.432. The summed E-state index contributed by atoms with van der Waals surface area (Å²) in [4.78, 5) is 6.87. The molecule has 0 saturated heterocycles. The van der Waals surface area contributed by atoms with Gasteiger partial charge in [-0.2, -0.15) is 21.4 Å². The van der Waals surface area contributed by atoms with E-state index in [1.165, 1.54) is 12.1 Å². The highest BCUT2D eigenvalue weighted by Gasteiger charge is 2.45. The van der Waals surface area contributed by atoms with Crippen LogP contribution in [-0.2, 0) is 49.8 Å². The molecule has 0 spiro atoms. The van der Waals surface area contributed by atoms with E-state index < -0.39 is 36.8 Å². The van der Waals surface area contributed by atoms with Gasteiger partial charge in [-0.3, -0.25) is 9.11 Å². The molecule has 0 fully saturated rings. The molecule has 0 atom stereocenters. The van der Waals surface area contributed by atoms with Crippen molar-refractivity contribution in [2.45, 2.75) is 50.3 Å². The highest BCUT2D eigenvalue weighted by Crippen LogP contribution is 2.48. The fraction of sp³-hybridized carbons (Fsp3) is 0.344. The molecule has 0 aromatic heterocycles. The first kappa shape index (κ1) is 39.8. The summed E-state index contributed by atoms with van der Waals surface area (Å²) in [6.07, 6.45) is 11.3. The van der Waals surface area contributed by atoms with Crippen LogP contribution in [0.2, 0.25) is 0 Å². The van der Waals surface area contributed by atoms with Crippen LogP contribution in [0.25, 0.3) is 0 Å². The van der Waals surface area contributed by atoms with Crippen LogP contribution >= 0.6 is 25.0 Å². The normalized spacial score (nSPS) is 18.1. The SMILES string of the molecule is CC(/C=C/C=C1\N(CCSOOO)c2ccc(S(=O)(=O)O)cc2C1(C)C)=C\C=C\C1=[N+](CCS(=O)(=O)O)c2ccc(OOOS)cc2C1(C)C. The minimum absolute atomic E-state index is 0.0135. The van der Waals surface area contributed by atoms with Crippen LogP contribution in [0.5, 0.6) is 5.75 Å². The quantitative estimate of drug-likeness (QED) is 0.0225. The highest BCUT2D eigenvalue weighted by molar-refractivity contribution is 7.94. The number of rotatable bonds is 16. The summed E-state index contributed by atoms with van der Waals surface area (Å²) in [6, 6.07) is 9.61. The van der Waals surface area contributed by atoms with E-state index in [4.69, 9.17) is 10.1 Å². The third-order valence-corrected chi connectivity index (χ3v) is 10.6. The Morgan fingerprint density at radius 3 is 2.42 bits per heavy atom. The summed E-state index contributed by atoms with van der Waals surface area (Å²) in [7, 11) is -8.65. The van der Waals surface area contributed by atoms with Crippen LogP contribution in [0, 0.1) is 0 Å². The summed E-state index contributed by atoms with van der Waals surface area (Å²) in [5.74, 6) is 0.266. The Morgan fingerprint density at radius 1 is 1.02 bits per heavy atom. The van der Waals surface area contributed by atoms with E-state index in [1.807, 2.05) is 80.6 Å². The van der Waals surface area contributed by atoms with Crippen molar-refractivity contribution in [3.63, 3.8) is 0 Å². The van der Waals surface area contributed by atoms with Crippen molar-refractivity contribution in [3.8, 4) is 5.75 Å². The maximum atomic E-state index is 11.9. The van der Waals surface area contributed by atoms with E-state index in [2.05, 4.69) is 31.7 Å². The van der Waals surface area contributed by atoms with Crippen molar-refractivity contribution in [1.29, 1.82) is 0 Å². The summed E-state index contributed by atoms with van der Waals surface area (Å²) < 4.78 is 76.8. The third-order valence-electron chi connectivity index (χ3n) is 8.46. The van der Waals surface area contributed by atoms with Gasteiger partial charge in [0.25, 0.3) is 20.2 Å². The fourth-order valence-electron chi connectivity index (χ4n) is 6.09. The monoisotopic (exact) mass is 771 g/mol. The summed E-state index contributed by atoms with van der Waals surface area (Å²) in [6.45, 7) is 10.2. The summed E-state index contributed by atoms with van der Waals surface area (Å²) >= 11 is 4.39.